The van der Waals surface area contributed by atoms with E-state index < -0.39 is 0 Å². The lowest BCUT2D eigenvalue weighted by molar-refractivity contribution is -0.134. The van der Waals surface area contributed by atoms with Crippen molar-refractivity contribution >= 4 is 5.91 Å². The van der Waals surface area contributed by atoms with Crippen molar-refractivity contribution in [3.05, 3.63) is 24.3 Å². The Morgan fingerprint density at radius 2 is 1.93 bits per heavy atom. The minimum atomic E-state index is 0.0131. The second-order valence-corrected chi connectivity index (χ2v) is 3.92. The van der Waals surface area contributed by atoms with Crippen molar-refractivity contribution in [2.45, 2.75) is 27.7 Å². The van der Waals surface area contributed by atoms with Crippen molar-refractivity contribution in [1.29, 1.82) is 0 Å². The van der Waals surface area contributed by atoms with Gasteiger partial charge in [-0.3, -0.25) is 4.79 Å². The van der Waals surface area contributed by atoms with Gasteiger partial charge in [0.1, 0.15) is 0 Å². The van der Waals surface area contributed by atoms with Crippen molar-refractivity contribution in [3.63, 3.8) is 0 Å². The van der Waals surface area contributed by atoms with E-state index in [1.807, 2.05) is 40.0 Å². The molecule has 2 atom stereocenters. The highest BCUT2D eigenvalue weighted by molar-refractivity contribution is 5.78. The van der Waals surface area contributed by atoms with Crippen LogP contribution in [0.2, 0.25) is 0 Å². The molecule has 86 valence electrons. The van der Waals surface area contributed by atoms with Gasteiger partial charge in [-0.25, -0.2) is 0 Å². The number of amides is 1. The average molecular weight is 209 g/mol. The van der Waals surface area contributed by atoms with Crippen LogP contribution in [0.5, 0.6) is 0 Å². The molecule has 0 saturated heterocycles. The molecule has 0 aromatic rings. The second-order valence-electron chi connectivity index (χ2n) is 3.92. The lowest BCUT2D eigenvalue weighted by atomic mass is 9.87. The van der Waals surface area contributed by atoms with Gasteiger partial charge in [-0.2, -0.15) is 0 Å². The van der Waals surface area contributed by atoms with E-state index >= 15 is 0 Å². The van der Waals surface area contributed by atoms with Crippen LogP contribution in [0.4, 0.5) is 0 Å². The molecule has 0 rings (SSSR count). The van der Waals surface area contributed by atoms with Gasteiger partial charge in [0.15, 0.2) is 0 Å². The summed E-state index contributed by atoms with van der Waals surface area (Å²) >= 11 is 0. The molecule has 0 N–H and O–H groups in total. The number of hydrogen-bond acceptors (Lipinski definition) is 1. The fraction of sp³-hybridized carbons (Fsp3) is 0.615. The monoisotopic (exact) mass is 209 g/mol. The molecule has 1 amide bonds. The summed E-state index contributed by atoms with van der Waals surface area (Å²) in [5.41, 5.74) is 1.14. The lowest BCUT2D eigenvalue weighted by Crippen LogP contribution is -2.34. The Balaban J connectivity index is 4.63. The molecular weight excluding hydrogens is 186 g/mol. The normalized spacial score (nSPS) is 15.7. The number of hydrogen-bond donors (Lipinski definition) is 0. The summed E-state index contributed by atoms with van der Waals surface area (Å²) < 4.78 is 0. The van der Waals surface area contributed by atoms with Crippen LogP contribution in [0.3, 0.4) is 0 Å². The lowest BCUT2D eigenvalue weighted by Gasteiger charge is -2.25. The van der Waals surface area contributed by atoms with E-state index in [0.717, 1.165) is 12.1 Å². The number of rotatable bonds is 5. The van der Waals surface area contributed by atoms with E-state index in [0.29, 0.717) is 0 Å². The SMILES string of the molecule is C=C/C(=C\C)[C@H](C)[C@@H](C)C(=O)N(C)CC. The van der Waals surface area contributed by atoms with E-state index in [1.165, 1.54) is 0 Å². The summed E-state index contributed by atoms with van der Waals surface area (Å²) in [7, 11) is 1.84. The number of nitrogens with zero attached hydrogens (tertiary/aromatic N) is 1. The predicted octanol–water partition coefficient (Wildman–Crippen LogP) is 2.87. The first-order chi connectivity index (χ1) is 6.99. The molecular formula is C13H23NO. The highest BCUT2D eigenvalue weighted by Crippen LogP contribution is 2.22. The van der Waals surface area contributed by atoms with Crippen molar-refractivity contribution in [3.8, 4) is 0 Å². The minimum Gasteiger partial charge on any atom is -0.346 e. The molecule has 2 heteroatoms. The van der Waals surface area contributed by atoms with Gasteiger partial charge in [0.25, 0.3) is 0 Å². The maximum Gasteiger partial charge on any atom is 0.225 e. The van der Waals surface area contributed by atoms with Gasteiger partial charge in [-0.15, -0.1) is 0 Å². The van der Waals surface area contributed by atoms with Crippen molar-refractivity contribution < 1.29 is 4.79 Å². The first-order valence-corrected chi connectivity index (χ1v) is 5.53. The Bertz CT molecular complexity index is 255. The van der Waals surface area contributed by atoms with Crippen molar-refractivity contribution in [2.75, 3.05) is 13.6 Å². The fourth-order valence-electron chi connectivity index (χ4n) is 1.57. The van der Waals surface area contributed by atoms with Gasteiger partial charge in [-0.1, -0.05) is 32.6 Å². The first-order valence-electron chi connectivity index (χ1n) is 5.53. The molecule has 0 radical (unpaired) electrons. The van der Waals surface area contributed by atoms with Gasteiger partial charge in [0, 0.05) is 19.5 Å². The number of allylic oxidation sites excluding steroid dienone is 3. The molecule has 0 bridgehead atoms. The maximum atomic E-state index is 11.9. The van der Waals surface area contributed by atoms with Crippen LogP contribution in [0.25, 0.3) is 0 Å². The Labute approximate surface area is 93.7 Å². The van der Waals surface area contributed by atoms with Crippen molar-refractivity contribution in [1.82, 2.24) is 4.90 Å². The van der Waals surface area contributed by atoms with Gasteiger partial charge < -0.3 is 4.90 Å². The number of carbonyl (C=O) groups is 1. The Hall–Kier alpha value is -1.05. The third-order valence-electron chi connectivity index (χ3n) is 3.08. The van der Waals surface area contributed by atoms with E-state index in [-0.39, 0.29) is 17.7 Å². The van der Waals surface area contributed by atoms with Crippen LogP contribution in [0.1, 0.15) is 27.7 Å². The quantitative estimate of drug-likeness (QED) is 0.638. The van der Waals surface area contributed by atoms with Gasteiger partial charge in [0.2, 0.25) is 5.91 Å². The Morgan fingerprint density at radius 3 is 2.27 bits per heavy atom. The van der Waals surface area contributed by atoms with Crippen LogP contribution >= 0.6 is 0 Å². The van der Waals surface area contributed by atoms with E-state index in [4.69, 9.17) is 0 Å². The van der Waals surface area contributed by atoms with Crippen LogP contribution in [-0.4, -0.2) is 24.4 Å². The Morgan fingerprint density at radius 1 is 1.40 bits per heavy atom. The molecule has 15 heavy (non-hydrogen) atoms. The summed E-state index contributed by atoms with van der Waals surface area (Å²) in [4.78, 5) is 13.7. The largest absolute Gasteiger partial charge is 0.346 e. The molecule has 0 saturated carbocycles. The van der Waals surface area contributed by atoms with E-state index in [1.54, 1.807) is 4.90 Å². The maximum absolute atomic E-state index is 11.9. The summed E-state index contributed by atoms with van der Waals surface area (Å²) in [6.45, 7) is 12.5. The third-order valence-corrected chi connectivity index (χ3v) is 3.08. The van der Waals surface area contributed by atoms with Crippen LogP contribution < -0.4 is 0 Å². The standard InChI is InChI=1S/C13H23NO/c1-7-12(8-2)10(4)11(5)13(15)14(6)9-3/h7-8,10-11H,1,9H2,2-6H3/b12-8+/t10-,11-/m1/s1. The molecule has 0 aromatic heterocycles. The average Bonchev–Trinajstić information content (AvgIpc) is 2.27. The summed E-state index contributed by atoms with van der Waals surface area (Å²) in [6.07, 6.45) is 3.85. The van der Waals surface area contributed by atoms with Gasteiger partial charge in [0.05, 0.1) is 0 Å². The first kappa shape index (κ1) is 13.9. The van der Waals surface area contributed by atoms with Crippen LogP contribution in [0, 0.1) is 11.8 Å². The molecule has 0 unspecified atom stereocenters. The summed E-state index contributed by atoms with van der Waals surface area (Å²) in [5, 5.41) is 0. The molecule has 0 spiro atoms. The summed E-state index contributed by atoms with van der Waals surface area (Å²) in [5.74, 6) is 0.444. The highest BCUT2D eigenvalue weighted by Gasteiger charge is 2.23. The second kappa shape index (κ2) is 6.44. The molecule has 0 heterocycles. The highest BCUT2D eigenvalue weighted by atomic mass is 16.2. The molecule has 0 aliphatic carbocycles. The third kappa shape index (κ3) is 3.54. The summed E-state index contributed by atoms with van der Waals surface area (Å²) in [6, 6.07) is 0. The van der Waals surface area contributed by atoms with E-state index in [2.05, 4.69) is 13.5 Å². The molecule has 0 aliphatic heterocycles. The molecule has 2 nitrogen and oxygen atoms in total. The zero-order valence-corrected chi connectivity index (χ0v) is 10.6. The van der Waals surface area contributed by atoms with E-state index in [9.17, 15) is 4.79 Å². The smallest absolute Gasteiger partial charge is 0.225 e. The number of carbonyl (C=O) groups excluding carboxylic acids is 1. The molecule has 0 aliphatic rings. The van der Waals surface area contributed by atoms with Crippen molar-refractivity contribution in [2.24, 2.45) is 11.8 Å². The topological polar surface area (TPSA) is 20.3 Å². The van der Waals surface area contributed by atoms with Gasteiger partial charge >= 0.3 is 0 Å². The van der Waals surface area contributed by atoms with Crippen LogP contribution in [-0.2, 0) is 4.79 Å². The van der Waals surface area contributed by atoms with Gasteiger partial charge in [-0.05, 0) is 25.3 Å². The molecule has 0 fully saturated rings. The van der Waals surface area contributed by atoms with Crippen LogP contribution in [0.15, 0.2) is 24.3 Å². The Kier molecular flexibility index (Phi) is 5.99. The predicted molar refractivity (Wildman–Crippen MR) is 65.6 cm³/mol. The zero-order chi connectivity index (χ0) is 12.0. The fourth-order valence-corrected chi connectivity index (χ4v) is 1.57. The minimum absolute atomic E-state index is 0.0131. The molecule has 0 aromatic carbocycles. The zero-order valence-electron chi connectivity index (χ0n) is 10.6.